The van der Waals surface area contributed by atoms with E-state index in [1.165, 1.54) is 13.2 Å². The molecule has 0 aliphatic carbocycles. The molecule has 148 valence electrons. The highest BCUT2D eigenvalue weighted by Gasteiger charge is 2.14. The van der Waals surface area contributed by atoms with Crippen LogP contribution in [0.25, 0.3) is 0 Å². The third-order valence-electron chi connectivity index (χ3n) is 3.81. The standard InChI is InChI=1S/C20H16F2N4O3/c1-11-8-17(18(27)25-16-7-6-13(21)10-15(16)22)26-20(23-11)24-14-5-3-4-12(9-14)19(28)29-2/h3-10H,1-2H3,(H,25,27)(H,23,24,26). The molecule has 7 nitrogen and oxygen atoms in total. The Bertz CT molecular complexity index is 1090. The summed E-state index contributed by atoms with van der Waals surface area (Å²) in [4.78, 5) is 32.4. The van der Waals surface area contributed by atoms with Crippen LogP contribution in [0.2, 0.25) is 0 Å². The van der Waals surface area contributed by atoms with Crippen molar-refractivity contribution in [2.45, 2.75) is 6.92 Å². The van der Waals surface area contributed by atoms with Gasteiger partial charge in [0.05, 0.1) is 18.4 Å². The van der Waals surface area contributed by atoms with Crippen molar-refractivity contribution in [3.63, 3.8) is 0 Å². The fourth-order valence-corrected chi connectivity index (χ4v) is 2.49. The number of halogens is 2. The topological polar surface area (TPSA) is 93.2 Å². The third kappa shape index (κ3) is 4.89. The largest absolute Gasteiger partial charge is 0.465 e. The van der Waals surface area contributed by atoms with Crippen molar-refractivity contribution < 1.29 is 23.1 Å². The normalized spacial score (nSPS) is 10.3. The number of hydrogen-bond acceptors (Lipinski definition) is 6. The van der Waals surface area contributed by atoms with E-state index in [9.17, 15) is 18.4 Å². The Kier molecular flexibility index (Phi) is 5.77. The Morgan fingerprint density at radius 2 is 1.83 bits per heavy atom. The number of methoxy groups -OCH3 is 1. The van der Waals surface area contributed by atoms with Gasteiger partial charge in [-0.1, -0.05) is 6.07 Å². The number of aryl methyl sites for hydroxylation is 1. The summed E-state index contributed by atoms with van der Waals surface area (Å²) in [6.45, 7) is 1.66. The predicted molar refractivity (Wildman–Crippen MR) is 102 cm³/mol. The smallest absolute Gasteiger partial charge is 0.337 e. The first-order valence-electron chi connectivity index (χ1n) is 8.43. The number of carbonyl (C=O) groups is 2. The van der Waals surface area contributed by atoms with E-state index in [2.05, 4.69) is 25.3 Å². The van der Waals surface area contributed by atoms with Crippen LogP contribution >= 0.6 is 0 Å². The van der Waals surface area contributed by atoms with Gasteiger partial charge in [0, 0.05) is 17.4 Å². The first kappa shape index (κ1) is 19.9. The van der Waals surface area contributed by atoms with Gasteiger partial charge in [0.25, 0.3) is 5.91 Å². The summed E-state index contributed by atoms with van der Waals surface area (Å²) in [6, 6.07) is 10.7. The van der Waals surface area contributed by atoms with Crippen molar-refractivity contribution >= 4 is 29.2 Å². The number of aromatic nitrogens is 2. The van der Waals surface area contributed by atoms with Crippen LogP contribution in [0.3, 0.4) is 0 Å². The summed E-state index contributed by atoms with van der Waals surface area (Å²) < 4.78 is 31.5. The number of anilines is 3. The van der Waals surface area contributed by atoms with Crippen LogP contribution in [-0.4, -0.2) is 29.0 Å². The zero-order valence-electron chi connectivity index (χ0n) is 15.5. The van der Waals surface area contributed by atoms with Gasteiger partial charge in [-0.15, -0.1) is 0 Å². The molecule has 0 radical (unpaired) electrons. The maximum Gasteiger partial charge on any atom is 0.337 e. The molecule has 29 heavy (non-hydrogen) atoms. The van der Waals surface area contributed by atoms with E-state index in [1.807, 2.05) is 0 Å². The lowest BCUT2D eigenvalue weighted by Gasteiger charge is -2.10. The molecule has 1 amide bonds. The SMILES string of the molecule is COC(=O)c1cccc(Nc2nc(C)cc(C(=O)Nc3ccc(F)cc3F)n2)c1. The van der Waals surface area contributed by atoms with Crippen molar-refractivity contribution in [2.24, 2.45) is 0 Å². The number of nitrogens with zero attached hydrogens (tertiary/aromatic N) is 2. The average molecular weight is 398 g/mol. The van der Waals surface area contributed by atoms with Gasteiger partial charge in [-0.25, -0.2) is 23.5 Å². The summed E-state index contributed by atoms with van der Waals surface area (Å²) in [6.07, 6.45) is 0. The second kappa shape index (κ2) is 8.42. The highest BCUT2D eigenvalue weighted by molar-refractivity contribution is 6.03. The van der Waals surface area contributed by atoms with Crippen LogP contribution in [0, 0.1) is 18.6 Å². The molecular formula is C20H16F2N4O3. The van der Waals surface area contributed by atoms with Gasteiger partial charge in [0.15, 0.2) is 0 Å². The molecule has 9 heteroatoms. The number of esters is 1. The minimum absolute atomic E-state index is 0.0205. The fraction of sp³-hybridized carbons (Fsp3) is 0.100. The van der Waals surface area contributed by atoms with Crippen molar-refractivity contribution in [1.82, 2.24) is 9.97 Å². The van der Waals surface area contributed by atoms with E-state index >= 15 is 0 Å². The highest BCUT2D eigenvalue weighted by atomic mass is 19.1. The van der Waals surface area contributed by atoms with Crippen LogP contribution in [0.1, 0.15) is 26.5 Å². The van der Waals surface area contributed by atoms with Crippen molar-refractivity contribution in [3.8, 4) is 0 Å². The van der Waals surface area contributed by atoms with E-state index in [0.29, 0.717) is 23.0 Å². The Balaban J connectivity index is 1.82. The van der Waals surface area contributed by atoms with Crippen molar-refractivity contribution in [2.75, 3.05) is 17.7 Å². The molecule has 2 aromatic carbocycles. The van der Waals surface area contributed by atoms with Crippen molar-refractivity contribution in [1.29, 1.82) is 0 Å². The van der Waals surface area contributed by atoms with Crippen LogP contribution < -0.4 is 10.6 Å². The molecule has 0 aliphatic heterocycles. The maximum atomic E-state index is 13.8. The minimum Gasteiger partial charge on any atom is -0.465 e. The molecule has 0 atom stereocenters. The maximum absolute atomic E-state index is 13.8. The Hall–Kier alpha value is -3.88. The number of carbonyl (C=O) groups excluding carboxylic acids is 2. The molecule has 1 heterocycles. The number of amides is 1. The van der Waals surface area contributed by atoms with E-state index in [0.717, 1.165) is 12.1 Å². The molecule has 1 aromatic heterocycles. The van der Waals surface area contributed by atoms with Crippen LogP contribution in [0.15, 0.2) is 48.5 Å². The Labute approximate surface area is 164 Å². The molecule has 0 bridgehead atoms. The quantitative estimate of drug-likeness (QED) is 0.635. The summed E-state index contributed by atoms with van der Waals surface area (Å²) in [5.74, 6) is -2.73. The van der Waals surface area contributed by atoms with Gasteiger partial charge < -0.3 is 15.4 Å². The molecule has 0 unspecified atom stereocenters. The lowest BCUT2D eigenvalue weighted by molar-refractivity contribution is 0.0600. The second-order valence-corrected chi connectivity index (χ2v) is 5.99. The summed E-state index contributed by atoms with van der Waals surface area (Å²) >= 11 is 0. The third-order valence-corrected chi connectivity index (χ3v) is 3.81. The molecule has 0 spiro atoms. The first-order valence-corrected chi connectivity index (χ1v) is 8.43. The average Bonchev–Trinajstić information content (AvgIpc) is 2.69. The highest BCUT2D eigenvalue weighted by Crippen LogP contribution is 2.18. The zero-order chi connectivity index (χ0) is 21.0. The minimum atomic E-state index is -0.901. The summed E-state index contributed by atoms with van der Waals surface area (Å²) in [7, 11) is 1.28. The van der Waals surface area contributed by atoms with E-state index in [1.54, 1.807) is 31.2 Å². The van der Waals surface area contributed by atoms with Gasteiger partial charge in [0.2, 0.25) is 5.95 Å². The van der Waals surface area contributed by atoms with Crippen LogP contribution in [0.5, 0.6) is 0 Å². The number of ether oxygens (including phenoxy) is 1. The number of benzene rings is 2. The van der Waals surface area contributed by atoms with Gasteiger partial charge in [-0.05, 0) is 43.3 Å². The molecule has 3 aromatic rings. The van der Waals surface area contributed by atoms with Crippen molar-refractivity contribution in [3.05, 3.63) is 77.1 Å². The number of nitrogens with one attached hydrogen (secondary N) is 2. The van der Waals surface area contributed by atoms with Crippen LogP contribution in [0.4, 0.5) is 26.1 Å². The van der Waals surface area contributed by atoms with Gasteiger partial charge in [-0.2, -0.15) is 0 Å². The molecular weight excluding hydrogens is 382 g/mol. The van der Waals surface area contributed by atoms with E-state index < -0.39 is 23.5 Å². The summed E-state index contributed by atoms with van der Waals surface area (Å²) in [5, 5.41) is 5.25. The van der Waals surface area contributed by atoms with Gasteiger partial charge in [0.1, 0.15) is 17.3 Å². The molecule has 0 aliphatic rings. The molecule has 0 saturated carbocycles. The van der Waals surface area contributed by atoms with E-state index in [4.69, 9.17) is 0 Å². The Morgan fingerprint density at radius 3 is 2.55 bits per heavy atom. The molecule has 2 N–H and O–H groups in total. The predicted octanol–water partition coefficient (Wildman–Crippen LogP) is 3.85. The zero-order valence-corrected chi connectivity index (χ0v) is 15.5. The molecule has 3 rings (SSSR count). The van der Waals surface area contributed by atoms with E-state index in [-0.39, 0.29) is 17.3 Å². The van der Waals surface area contributed by atoms with Gasteiger partial charge >= 0.3 is 5.97 Å². The molecule has 0 fully saturated rings. The fourth-order valence-electron chi connectivity index (χ4n) is 2.49. The lowest BCUT2D eigenvalue weighted by atomic mass is 10.2. The Morgan fingerprint density at radius 1 is 1.03 bits per heavy atom. The number of hydrogen-bond donors (Lipinski definition) is 2. The van der Waals surface area contributed by atoms with Crippen LogP contribution in [-0.2, 0) is 4.74 Å². The number of rotatable bonds is 5. The molecule has 0 saturated heterocycles. The monoisotopic (exact) mass is 398 g/mol. The lowest BCUT2D eigenvalue weighted by Crippen LogP contribution is -2.16. The van der Waals surface area contributed by atoms with Gasteiger partial charge in [-0.3, -0.25) is 4.79 Å². The first-order chi connectivity index (χ1) is 13.9. The second-order valence-electron chi connectivity index (χ2n) is 5.99. The summed E-state index contributed by atoms with van der Waals surface area (Å²) in [5.41, 5.74) is 1.13.